The van der Waals surface area contributed by atoms with Crippen molar-refractivity contribution in [2.24, 2.45) is 35.5 Å². The predicted molar refractivity (Wildman–Crippen MR) is 103 cm³/mol. The summed E-state index contributed by atoms with van der Waals surface area (Å²) in [5.74, 6) is 4.38. The minimum Gasteiger partial charge on any atom is -0.391 e. The monoisotopic (exact) mass is 334 g/mol. The molecule has 0 aliphatic heterocycles. The quantitative estimate of drug-likeness (QED) is 0.716. The molecule has 0 aromatic rings. The zero-order chi connectivity index (χ0) is 17.9. The topological polar surface area (TPSA) is 24.7 Å². The molecule has 7 atom stereocenters. The number of hydrogen-bond acceptors (Lipinski definition) is 1. The molecule has 0 amide bonds. The molecule has 0 saturated carbocycles. The van der Waals surface area contributed by atoms with Crippen molar-refractivity contribution < 1.29 is 10.0 Å². The number of aliphatic hydroxyl groups excluding tert-OH is 1. The Morgan fingerprint density at radius 3 is 1.62 bits per heavy atom. The Hall–Kier alpha value is -0.600. The summed E-state index contributed by atoms with van der Waals surface area (Å²) in [5, 5.41) is 9.60. The molecule has 0 heterocycles. The van der Waals surface area contributed by atoms with Gasteiger partial charge in [0, 0.05) is 11.8 Å². The molecule has 2 N–H and O–H groups in total. The molecule has 0 saturated heterocycles. The van der Waals surface area contributed by atoms with Gasteiger partial charge in [-0.05, 0) is 50.4 Å². The highest BCUT2D eigenvalue weighted by Gasteiger charge is 2.34. The van der Waals surface area contributed by atoms with Gasteiger partial charge in [0.05, 0.1) is 19.7 Å². The van der Waals surface area contributed by atoms with Gasteiger partial charge in [-0.3, -0.25) is 0 Å². The van der Waals surface area contributed by atoms with Crippen molar-refractivity contribution in [3.63, 3.8) is 0 Å². The van der Waals surface area contributed by atoms with E-state index in [1.807, 2.05) is 0 Å². The maximum absolute atomic E-state index is 9.60. The summed E-state index contributed by atoms with van der Waals surface area (Å²) in [6.07, 6.45) is 7.47. The lowest BCUT2D eigenvalue weighted by atomic mass is 9.73. The van der Waals surface area contributed by atoms with Gasteiger partial charge in [-0.15, -0.1) is 0 Å². The van der Waals surface area contributed by atoms with Crippen LogP contribution in [0.4, 0.5) is 0 Å². The van der Waals surface area contributed by atoms with E-state index in [1.165, 1.54) is 25.9 Å². The highest BCUT2D eigenvalue weighted by atomic mass is 16.3. The van der Waals surface area contributed by atoms with Gasteiger partial charge in [0.1, 0.15) is 6.54 Å². The fourth-order valence-electron chi connectivity index (χ4n) is 5.52. The second kappa shape index (κ2) is 8.67. The zero-order valence-electron chi connectivity index (χ0n) is 16.8. The van der Waals surface area contributed by atoms with Gasteiger partial charge in [0.25, 0.3) is 0 Å². The number of hydrogen-bond donors (Lipinski definition) is 2. The van der Waals surface area contributed by atoms with Crippen molar-refractivity contribution in [1.82, 2.24) is 0 Å². The second-order valence-corrected chi connectivity index (χ2v) is 9.07. The van der Waals surface area contributed by atoms with Gasteiger partial charge < -0.3 is 10.0 Å². The average Bonchev–Trinajstić information content (AvgIpc) is 2.46. The van der Waals surface area contributed by atoms with Gasteiger partial charge in [-0.25, -0.2) is 0 Å². The van der Waals surface area contributed by atoms with Crippen LogP contribution in [0.2, 0.25) is 0 Å². The smallest absolute Gasteiger partial charge is 0.101 e. The molecular formula is C22H40NO+. The Labute approximate surface area is 150 Å². The van der Waals surface area contributed by atoms with Crippen LogP contribution >= 0.6 is 0 Å². The Kier molecular flexibility index (Phi) is 7.12. The van der Waals surface area contributed by atoms with Crippen LogP contribution in [0.5, 0.6) is 0 Å². The van der Waals surface area contributed by atoms with Crippen molar-refractivity contribution in [3.05, 3.63) is 23.3 Å². The van der Waals surface area contributed by atoms with Gasteiger partial charge >= 0.3 is 0 Å². The molecule has 0 aromatic carbocycles. The standard InChI is InChI=1S/C22H39NO/c1-15-9-17(3)21(18(4)10-15)13-23(7-8-24)14-22-19(5)11-16(2)12-20(22)6/h9,11,17-22,24H,7-8,10,12-14H2,1-6H3/p+1/t17-,18+,19+,20-,21-,22-/m0/s1. The lowest BCUT2D eigenvalue weighted by Crippen LogP contribution is -3.14. The number of quaternary nitrogens is 1. The lowest BCUT2D eigenvalue weighted by Gasteiger charge is -2.39. The van der Waals surface area contributed by atoms with E-state index >= 15 is 0 Å². The summed E-state index contributed by atoms with van der Waals surface area (Å²) >= 11 is 0. The summed E-state index contributed by atoms with van der Waals surface area (Å²) in [6.45, 7) is 17.8. The third-order valence-corrected chi connectivity index (χ3v) is 6.71. The number of rotatable bonds is 6. The van der Waals surface area contributed by atoms with E-state index in [2.05, 4.69) is 53.7 Å². The molecular weight excluding hydrogens is 294 g/mol. The predicted octanol–water partition coefficient (Wildman–Crippen LogP) is 3.34. The van der Waals surface area contributed by atoms with Crippen LogP contribution in [0, 0.1) is 35.5 Å². The summed E-state index contributed by atoms with van der Waals surface area (Å²) < 4.78 is 0. The average molecular weight is 335 g/mol. The minimum atomic E-state index is 0.310. The summed E-state index contributed by atoms with van der Waals surface area (Å²) in [7, 11) is 0. The second-order valence-electron chi connectivity index (χ2n) is 9.07. The number of nitrogens with one attached hydrogen (secondary N) is 1. The molecule has 1 unspecified atom stereocenters. The van der Waals surface area contributed by atoms with E-state index in [1.54, 1.807) is 16.0 Å². The molecule has 0 fully saturated rings. The molecule has 0 bridgehead atoms. The first-order valence-electron chi connectivity index (χ1n) is 10.1. The zero-order valence-corrected chi connectivity index (χ0v) is 16.8. The van der Waals surface area contributed by atoms with Crippen LogP contribution in [0.15, 0.2) is 23.3 Å². The molecule has 0 radical (unpaired) electrons. The molecule has 24 heavy (non-hydrogen) atoms. The van der Waals surface area contributed by atoms with Crippen LogP contribution in [0.1, 0.15) is 54.4 Å². The minimum absolute atomic E-state index is 0.310. The first-order valence-corrected chi connectivity index (χ1v) is 10.1. The first kappa shape index (κ1) is 19.7. The largest absolute Gasteiger partial charge is 0.391 e. The highest BCUT2D eigenvalue weighted by molar-refractivity contribution is 5.09. The van der Waals surface area contributed by atoms with Crippen LogP contribution in [0.25, 0.3) is 0 Å². The Morgan fingerprint density at radius 2 is 1.29 bits per heavy atom. The fourth-order valence-corrected chi connectivity index (χ4v) is 5.52. The summed E-state index contributed by atoms with van der Waals surface area (Å²) in [4.78, 5) is 1.62. The third-order valence-electron chi connectivity index (χ3n) is 6.71. The molecule has 2 heteroatoms. The van der Waals surface area contributed by atoms with Crippen molar-refractivity contribution in [2.75, 3.05) is 26.2 Å². The summed E-state index contributed by atoms with van der Waals surface area (Å²) in [6, 6.07) is 0. The van der Waals surface area contributed by atoms with E-state index in [9.17, 15) is 5.11 Å². The van der Waals surface area contributed by atoms with Crippen LogP contribution in [-0.2, 0) is 0 Å². The van der Waals surface area contributed by atoms with Crippen molar-refractivity contribution in [3.8, 4) is 0 Å². The SMILES string of the molecule is CC1=C[C@H](C)[C@H](C[NH+](CCO)C[C@H]2[C@H](C)C=C(C)C[C@@H]2C)[C@H](C)C1. The maximum atomic E-state index is 9.60. The van der Waals surface area contributed by atoms with Gasteiger partial charge in [0.2, 0.25) is 0 Å². The van der Waals surface area contributed by atoms with E-state index in [0.717, 1.165) is 30.2 Å². The Balaban J connectivity index is 2.04. The van der Waals surface area contributed by atoms with Gasteiger partial charge in [-0.2, -0.15) is 0 Å². The van der Waals surface area contributed by atoms with E-state index in [0.29, 0.717) is 18.4 Å². The van der Waals surface area contributed by atoms with Crippen LogP contribution in [0.3, 0.4) is 0 Å². The molecule has 138 valence electrons. The molecule has 2 aliphatic rings. The van der Waals surface area contributed by atoms with Crippen LogP contribution in [-0.4, -0.2) is 31.3 Å². The number of allylic oxidation sites excluding steroid dienone is 4. The number of aliphatic hydroxyl groups is 1. The Morgan fingerprint density at radius 1 is 0.875 bits per heavy atom. The van der Waals surface area contributed by atoms with Crippen molar-refractivity contribution >= 4 is 0 Å². The molecule has 2 nitrogen and oxygen atoms in total. The normalized spacial score (nSPS) is 38.5. The molecule has 2 rings (SSSR count). The van der Waals surface area contributed by atoms with E-state index < -0.39 is 0 Å². The van der Waals surface area contributed by atoms with E-state index in [-0.39, 0.29) is 0 Å². The molecule has 2 aliphatic carbocycles. The lowest BCUT2D eigenvalue weighted by molar-refractivity contribution is -0.909. The molecule has 0 aromatic heterocycles. The van der Waals surface area contributed by atoms with Gasteiger partial charge in [-0.1, -0.05) is 51.0 Å². The fraction of sp³-hybridized carbons (Fsp3) is 0.818. The Bertz CT molecular complexity index is 427. The van der Waals surface area contributed by atoms with Crippen molar-refractivity contribution in [1.29, 1.82) is 0 Å². The third kappa shape index (κ3) is 4.95. The van der Waals surface area contributed by atoms with Crippen molar-refractivity contribution in [2.45, 2.75) is 54.4 Å². The van der Waals surface area contributed by atoms with Crippen LogP contribution < -0.4 is 4.90 Å². The summed E-state index contributed by atoms with van der Waals surface area (Å²) in [5.41, 5.74) is 3.12. The highest BCUT2D eigenvalue weighted by Crippen LogP contribution is 2.34. The first-order chi connectivity index (χ1) is 11.3. The van der Waals surface area contributed by atoms with Gasteiger partial charge in [0.15, 0.2) is 0 Å². The maximum Gasteiger partial charge on any atom is 0.101 e. The molecule has 0 spiro atoms. The van der Waals surface area contributed by atoms with E-state index in [4.69, 9.17) is 0 Å².